The van der Waals surface area contributed by atoms with Gasteiger partial charge in [-0.1, -0.05) is 19.1 Å². The lowest BCUT2D eigenvalue weighted by atomic mass is 9.78. The summed E-state index contributed by atoms with van der Waals surface area (Å²) in [7, 11) is 9.31. The fourth-order valence-electron chi connectivity index (χ4n) is 6.18. The third kappa shape index (κ3) is 5.25. The number of nitrogens with one attached hydrogen (secondary N) is 1. The van der Waals surface area contributed by atoms with E-state index in [1.165, 1.54) is 7.11 Å². The number of nitrogens with zero attached hydrogens (tertiary/aromatic N) is 1. The molecule has 0 aromatic heterocycles. The van der Waals surface area contributed by atoms with Crippen LogP contribution in [0.15, 0.2) is 59.8 Å². The maximum absolute atomic E-state index is 14.4. The minimum absolute atomic E-state index is 0.0852. The van der Waals surface area contributed by atoms with Gasteiger partial charge in [-0.15, -0.1) is 0 Å². The molecule has 0 bridgehead atoms. The number of Topliss-reactive ketones (excluding diaryl/α,β-unsaturated/α-hetero) is 1. The van der Waals surface area contributed by atoms with Crippen LogP contribution in [0.25, 0.3) is 0 Å². The van der Waals surface area contributed by atoms with Crippen LogP contribution in [0.2, 0.25) is 0 Å². The second-order valence-electron chi connectivity index (χ2n) is 10.5. The van der Waals surface area contributed by atoms with E-state index in [1.54, 1.807) is 52.6 Å². The van der Waals surface area contributed by atoms with E-state index in [9.17, 15) is 9.59 Å². The van der Waals surface area contributed by atoms with Crippen molar-refractivity contribution < 1.29 is 38.0 Å². The van der Waals surface area contributed by atoms with Gasteiger partial charge in [0.25, 0.3) is 0 Å². The Morgan fingerprint density at radius 2 is 1.30 bits per heavy atom. The number of ether oxygens (including phenoxy) is 6. The van der Waals surface area contributed by atoms with Crippen LogP contribution in [0, 0.1) is 0 Å². The van der Waals surface area contributed by atoms with Crippen molar-refractivity contribution in [2.75, 3.05) is 52.9 Å². The lowest BCUT2D eigenvalue weighted by molar-refractivity contribution is -0.119. The molecule has 1 heterocycles. The van der Waals surface area contributed by atoms with Crippen LogP contribution >= 0.6 is 0 Å². The molecule has 10 nitrogen and oxygen atoms in total. The fraction of sp³-hybridized carbons (Fsp3) is 0.353. The highest BCUT2D eigenvalue weighted by Crippen LogP contribution is 2.51. The van der Waals surface area contributed by atoms with Crippen molar-refractivity contribution in [2.24, 2.45) is 0 Å². The van der Waals surface area contributed by atoms with Gasteiger partial charge in [0.15, 0.2) is 28.8 Å². The van der Waals surface area contributed by atoms with E-state index in [4.69, 9.17) is 28.4 Å². The Hall–Kier alpha value is -4.86. The maximum atomic E-state index is 14.4. The number of methoxy groups -OCH3 is 6. The van der Waals surface area contributed by atoms with Crippen molar-refractivity contribution in [3.8, 4) is 34.5 Å². The third-order valence-corrected chi connectivity index (χ3v) is 8.22. The monoisotopic (exact) mass is 602 g/mol. The Labute approximate surface area is 257 Å². The number of fused-ring (bicyclic) bond motifs is 1. The van der Waals surface area contributed by atoms with E-state index in [0.717, 1.165) is 16.9 Å². The van der Waals surface area contributed by atoms with Crippen LogP contribution in [-0.2, 0) is 9.59 Å². The van der Waals surface area contributed by atoms with E-state index in [1.807, 2.05) is 43.3 Å². The number of allylic oxidation sites excluding steroid dienone is 1. The van der Waals surface area contributed by atoms with E-state index in [2.05, 4.69) is 5.32 Å². The highest BCUT2D eigenvalue weighted by atomic mass is 16.5. The van der Waals surface area contributed by atoms with Crippen molar-refractivity contribution in [1.82, 2.24) is 0 Å². The number of hydrogen-bond acceptors (Lipinski definition) is 9. The molecule has 44 heavy (non-hydrogen) atoms. The van der Waals surface area contributed by atoms with Crippen molar-refractivity contribution in [2.45, 2.75) is 38.1 Å². The van der Waals surface area contributed by atoms with E-state index >= 15 is 0 Å². The molecule has 1 aliphatic carbocycles. The first kappa shape index (κ1) is 30.6. The average molecular weight is 603 g/mol. The summed E-state index contributed by atoms with van der Waals surface area (Å²) in [6.07, 6.45) is 0.952. The molecular weight excluding hydrogens is 564 g/mol. The summed E-state index contributed by atoms with van der Waals surface area (Å²) in [6.45, 7) is 1.81. The van der Waals surface area contributed by atoms with Gasteiger partial charge in [-0.3, -0.25) is 14.5 Å². The van der Waals surface area contributed by atoms with Crippen LogP contribution in [0.5, 0.6) is 34.5 Å². The lowest BCUT2D eigenvalue weighted by Crippen LogP contribution is -2.38. The van der Waals surface area contributed by atoms with Gasteiger partial charge in [-0.05, 0) is 59.9 Å². The molecule has 0 unspecified atom stereocenters. The summed E-state index contributed by atoms with van der Waals surface area (Å²) < 4.78 is 33.6. The van der Waals surface area contributed by atoms with Crippen LogP contribution in [-0.4, -0.2) is 54.3 Å². The number of anilines is 2. The molecule has 5 rings (SSSR count). The molecular formula is C34H38N2O8. The highest BCUT2D eigenvalue weighted by Gasteiger charge is 2.42. The van der Waals surface area contributed by atoms with Crippen molar-refractivity contribution in [3.63, 3.8) is 0 Å². The summed E-state index contributed by atoms with van der Waals surface area (Å²) in [5.74, 6) is 2.39. The quantitative estimate of drug-likeness (QED) is 0.313. The van der Waals surface area contributed by atoms with Gasteiger partial charge in [0, 0.05) is 24.1 Å². The first-order valence-electron chi connectivity index (χ1n) is 14.4. The molecule has 3 aromatic rings. The predicted molar refractivity (Wildman–Crippen MR) is 167 cm³/mol. The molecule has 1 amide bonds. The average Bonchev–Trinajstić information content (AvgIpc) is 3.21. The minimum atomic E-state index is -0.754. The molecule has 232 valence electrons. The summed E-state index contributed by atoms with van der Waals surface area (Å²) >= 11 is 0. The molecule has 0 saturated carbocycles. The number of rotatable bonds is 9. The van der Waals surface area contributed by atoms with Gasteiger partial charge < -0.3 is 33.7 Å². The minimum Gasteiger partial charge on any atom is -0.493 e. The van der Waals surface area contributed by atoms with Gasteiger partial charge in [-0.25, -0.2) is 0 Å². The smallest absolute Gasteiger partial charge is 0.227 e. The fourth-order valence-corrected chi connectivity index (χ4v) is 6.18. The SMILES string of the molecule is CCC(=O)N1c2ccccc2NC2=C(C(=O)C[C@@H](c3cc(OC)c(OC)c(OC)c3)C2)[C@H]1c1cc(OC)c(OC)c(OC)c1. The summed E-state index contributed by atoms with van der Waals surface area (Å²) in [4.78, 5) is 29.9. The number of benzene rings is 3. The zero-order valence-electron chi connectivity index (χ0n) is 26.1. The van der Waals surface area contributed by atoms with Crippen LogP contribution in [0.1, 0.15) is 49.3 Å². The predicted octanol–water partition coefficient (Wildman–Crippen LogP) is 6.05. The van der Waals surface area contributed by atoms with Crippen LogP contribution in [0.4, 0.5) is 11.4 Å². The highest BCUT2D eigenvalue weighted by molar-refractivity contribution is 6.06. The van der Waals surface area contributed by atoms with E-state index < -0.39 is 6.04 Å². The van der Waals surface area contributed by atoms with Gasteiger partial charge >= 0.3 is 0 Å². The third-order valence-electron chi connectivity index (χ3n) is 8.22. The summed E-state index contributed by atoms with van der Waals surface area (Å²) in [5, 5.41) is 3.55. The zero-order chi connectivity index (χ0) is 31.5. The summed E-state index contributed by atoms with van der Waals surface area (Å²) in [6, 6.07) is 14.2. The molecule has 1 N–H and O–H groups in total. The first-order chi connectivity index (χ1) is 21.3. The second kappa shape index (κ2) is 12.8. The van der Waals surface area contributed by atoms with Gasteiger partial charge in [0.2, 0.25) is 17.4 Å². The number of carbonyl (C=O) groups excluding carboxylic acids is 2. The summed E-state index contributed by atoms with van der Waals surface area (Å²) in [5.41, 5.74) is 4.19. The molecule has 2 aliphatic rings. The van der Waals surface area contributed by atoms with Gasteiger partial charge in [0.05, 0.1) is 60.1 Å². The molecule has 0 fully saturated rings. The zero-order valence-corrected chi connectivity index (χ0v) is 26.1. The van der Waals surface area contributed by atoms with Crippen LogP contribution in [0.3, 0.4) is 0 Å². The molecule has 3 aromatic carbocycles. The van der Waals surface area contributed by atoms with Gasteiger partial charge in [0.1, 0.15) is 0 Å². The lowest BCUT2D eigenvalue weighted by Gasteiger charge is -2.35. The molecule has 0 saturated heterocycles. The van der Waals surface area contributed by atoms with Crippen molar-refractivity contribution >= 4 is 23.1 Å². The normalized spacial score (nSPS) is 17.5. The van der Waals surface area contributed by atoms with Crippen molar-refractivity contribution in [1.29, 1.82) is 0 Å². The number of ketones is 1. The largest absolute Gasteiger partial charge is 0.493 e. The molecule has 1 aliphatic heterocycles. The number of para-hydroxylation sites is 2. The van der Waals surface area contributed by atoms with Crippen LogP contribution < -0.4 is 38.6 Å². The Morgan fingerprint density at radius 3 is 1.80 bits per heavy atom. The number of carbonyl (C=O) groups is 2. The maximum Gasteiger partial charge on any atom is 0.227 e. The first-order valence-corrected chi connectivity index (χ1v) is 14.4. The molecule has 0 radical (unpaired) electrons. The molecule has 10 heteroatoms. The van der Waals surface area contributed by atoms with Crippen molar-refractivity contribution in [3.05, 3.63) is 70.9 Å². The molecule has 2 atom stereocenters. The second-order valence-corrected chi connectivity index (χ2v) is 10.5. The number of amides is 1. The number of hydrogen-bond donors (Lipinski definition) is 1. The van der Waals surface area contributed by atoms with Gasteiger partial charge in [-0.2, -0.15) is 0 Å². The topological polar surface area (TPSA) is 105 Å². The van der Waals surface area contributed by atoms with E-state index in [0.29, 0.717) is 57.7 Å². The Bertz CT molecular complexity index is 1560. The Kier molecular flexibility index (Phi) is 8.89. The van der Waals surface area contributed by atoms with E-state index in [-0.39, 0.29) is 30.4 Å². The standard InChI is InChI=1S/C34H38N2O8/c1-8-30(38)36-24-12-10-9-11-22(24)35-23-13-19(20-15-26(39-2)33(43-6)27(16-20)40-3)14-25(37)31(23)32(36)21-17-28(41-4)34(44-7)29(18-21)42-5/h9-12,15-19,32,35H,8,13-14H2,1-7H3/t19-,32+/m0/s1. The molecule has 0 spiro atoms. The Balaban J connectivity index is 1.74. The Morgan fingerprint density at radius 1 is 0.773 bits per heavy atom.